The minimum absolute atomic E-state index is 0.715. The lowest BCUT2D eigenvalue weighted by molar-refractivity contribution is 0.413. The quantitative estimate of drug-likeness (QED) is 0.913. The van der Waals surface area contributed by atoms with Gasteiger partial charge in [0, 0.05) is 18.3 Å². The summed E-state index contributed by atoms with van der Waals surface area (Å²) in [4.78, 5) is 4.15. The molecule has 19 heavy (non-hydrogen) atoms. The average Bonchev–Trinajstić information content (AvgIpc) is 2.44. The Morgan fingerprint density at radius 1 is 1.16 bits per heavy atom. The number of ether oxygens (including phenoxy) is 1. The highest BCUT2D eigenvalue weighted by Crippen LogP contribution is 2.27. The van der Waals surface area contributed by atoms with Crippen molar-refractivity contribution in [2.75, 3.05) is 19.0 Å². The Morgan fingerprint density at radius 2 is 1.95 bits per heavy atom. The first-order valence-electron chi connectivity index (χ1n) is 6.24. The van der Waals surface area contributed by atoms with Crippen molar-refractivity contribution in [2.45, 2.75) is 20.8 Å². The second-order valence-corrected chi connectivity index (χ2v) is 4.29. The molecule has 0 aliphatic carbocycles. The van der Waals surface area contributed by atoms with Crippen molar-refractivity contribution in [3.8, 4) is 17.0 Å². The maximum atomic E-state index is 5.19. The van der Waals surface area contributed by atoms with Gasteiger partial charge in [-0.1, -0.05) is 0 Å². The molecule has 1 N–H and O–H groups in total. The molecule has 0 aliphatic rings. The van der Waals surface area contributed by atoms with Crippen LogP contribution in [0.5, 0.6) is 5.75 Å². The van der Waals surface area contributed by atoms with E-state index in [1.807, 2.05) is 26.8 Å². The highest BCUT2D eigenvalue weighted by molar-refractivity contribution is 5.66. The van der Waals surface area contributed by atoms with Crippen molar-refractivity contribution >= 4 is 5.82 Å². The summed E-state index contributed by atoms with van der Waals surface area (Å²) < 4.78 is 5.19. The summed E-state index contributed by atoms with van der Waals surface area (Å²) in [5.74, 6) is 1.55. The molecule has 0 bridgehead atoms. The number of anilines is 1. The van der Waals surface area contributed by atoms with Gasteiger partial charge >= 0.3 is 0 Å². The normalized spacial score (nSPS) is 10.3. The molecule has 5 heteroatoms. The van der Waals surface area contributed by atoms with Crippen LogP contribution in [0.3, 0.4) is 0 Å². The first-order chi connectivity index (χ1) is 9.17. The Balaban J connectivity index is 2.48. The number of methoxy groups -OCH3 is 1. The van der Waals surface area contributed by atoms with Gasteiger partial charge in [0.1, 0.15) is 5.75 Å². The van der Waals surface area contributed by atoms with Gasteiger partial charge in [-0.05, 0) is 38.0 Å². The Morgan fingerprint density at radius 3 is 2.63 bits per heavy atom. The number of pyridine rings is 1. The van der Waals surface area contributed by atoms with Crippen molar-refractivity contribution in [2.24, 2.45) is 0 Å². The molecule has 0 saturated carbocycles. The zero-order valence-corrected chi connectivity index (χ0v) is 11.7. The maximum Gasteiger partial charge on any atom is 0.151 e. The van der Waals surface area contributed by atoms with Crippen LogP contribution in [0.4, 0.5) is 5.82 Å². The molecule has 0 aliphatic heterocycles. The molecular weight excluding hydrogens is 240 g/mol. The van der Waals surface area contributed by atoms with E-state index < -0.39 is 0 Å². The summed E-state index contributed by atoms with van der Waals surface area (Å²) in [6.07, 6.45) is 3.44. The molecule has 5 nitrogen and oxygen atoms in total. The van der Waals surface area contributed by atoms with Crippen molar-refractivity contribution in [1.29, 1.82) is 0 Å². The molecule has 0 amide bonds. The molecule has 2 rings (SSSR count). The summed E-state index contributed by atoms with van der Waals surface area (Å²) in [5.41, 5.74) is 3.96. The van der Waals surface area contributed by atoms with Crippen molar-refractivity contribution in [3.05, 3.63) is 29.6 Å². The third-order valence-corrected chi connectivity index (χ3v) is 3.09. The van der Waals surface area contributed by atoms with Crippen LogP contribution in [0.15, 0.2) is 18.5 Å². The molecule has 2 aromatic rings. The monoisotopic (exact) mass is 258 g/mol. The minimum Gasteiger partial charge on any atom is -0.495 e. The van der Waals surface area contributed by atoms with Gasteiger partial charge in [0.05, 0.1) is 19.0 Å². The summed E-state index contributed by atoms with van der Waals surface area (Å²) in [5, 5.41) is 11.7. The zero-order valence-electron chi connectivity index (χ0n) is 11.7. The van der Waals surface area contributed by atoms with Crippen LogP contribution < -0.4 is 10.1 Å². The summed E-state index contributed by atoms with van der Waals surface area (Å²) in [6.45, 7) is 6.95. The van der Waals surface area contributed by atoms with Crippen LogP contribution in [0, 0.1) is 13.8 Å². The summed E-state index contributed by atoms with van der Waals surface area (Å²) in [6, 6.07) is 1.91. The Bertz CT molecular complexity index is 584. The van der Waals surface area contributed by atoms with Crippen LogP contribution in [0.25, 0.3) is 11.3 Å². The molecule has 0 saturated heterocycles. The van der Waals surface area contributed by atoms with Gasteiger partial charge in [-0.15, -0.1) is 10.2 Å². The van der Waals surface area contributed by atoms with Gasteiger partial charge in [-0.3, -0.25) is 4.98 Å². The maximum absolute atomic E-state index is 5.19. The predicted molar refractivity (Wildman–Crippen MR) is 75.5 cm³/mol. The van der Waals surface area contributed by atoms with E-state index in [1.165, 1.54) is 0 Å². The molecule has 0 fully saturated rings. The fraction of sp³-hybridized carbons (Fsp3) is 0.357. The molecule has 100 valence electrons. The predicted octanol–water partition coefficient (Wildman–Crippen LogP) is 2.60. The van der Waals surface area contributed by atoms with Gasteiger partial charge < -0.3 is 10.1 Å². The first kappa shape index (κ1) is 13.3. The molecular formula is C14H18N4O. The number of nitrogens with zero attached hydrogens (tertiary/aromatic N) is 3. The fourth-order valence-electron chi connectivity index (χ4n) is 1.87. The van der Waals surface area contributed by atoms with E-state index >= 15 is 0 Å². The topological polar surface area (TPSA) is 59.9 Å². The van der Waals surface area contributed by atoms with Crippen LogP contribution >= 0.6 is 0 Å². The number of nitrogens with one attached hydrogen (secondary N) is 1. The standard InChI is InChI=1S/C14H18N4O/c1-5-16-14-10(3)9(2)13(17-18-14)11-6-12(19-4)8-15-7-11/h6-8H,5H2,1-4H3,(H,16,18). The number of hydrogen-bond acceptors (Lipinski definition) is 5. The van der Waals surface area contributed by atoms with Crippen LogP contribution in [0.2, 0.25) is 0 Å². The molecule has 0 spiro atoms. The van der Waals surface area contributed by atoms with E-state index in [0.29, 0.717) is 5.75 Å². The molecule has 2 heterocycles. The Kier molecular flexibility index (Phi) is 3.94. The van der Waals surface area contributed by atoms with E-state index in [0.717, 1.165) is 34.7 Å². The third-order valence-electron chi connectivity index (χ3n) is 3.09. The van der Waals surface area contributed by atoms with Crippen molar-refractivity contribution in [1.82, 2.24) is 15.2 Å². The van der Waals surface area contributed by atoms with E-state index in [-0.39, 0.29) is 0 Å². The second kappa shape index (κ2) is 5.65. The van der Waals surface area contributed by atoms with Crippen LogP contribution in [-0.4, -0.2) is 28.8 Å². The molecule has 0 aromatic carbocycles. The largest absolute Gasteiger partial charge is 0.495 e. The number of rotatable bonds is 4. The summed E-state index contributed by atoms with van der Waals surface area (Å²) >= 11 is 0. The Hall–Kier alpha value is -2.17. The SMILES string of the molecule is CCNc1nnc(-c2cncc(OC)c2)c(C)c1C. The van der Waals surface area contributed by atoms with Crippen molar-refractivity contribution in [3.63, 3.8) is 0 Å². The highest BCUT2D eigenvalue weighted by atomic mass is 16.5. The van der Waals surface area contributed by atoms with Gasteiger partial charge in [0.25, 0.3) is 0 Å². The second-order valence-electron chi connectivity index (χ2n) is 4.29. The molecule has 0 radical (unpaired) electrons. The van der Waals surface area contributed by atoms with E-state index in [9.17, 15) is 0 Å². The minimum atomic E-state index is 0.715. The van der Waals surface area contributed by atoms with Crippen LogP contribution in [-0.2, 0) is 0 Å². The Labute approximate surface area is 113 Å². The summed E-state index contributed by atoms with van der Waals surface area (Å²) in [7, 11) is 1.62. The van der Waals surface area contributed by atoms with E-state index in [1.54, 1.807) is 19.5 Å². The van der Waals surface area contributed by atoms with Crippen LogP contribution in [0.1, 0.15) is 18.1 Å². The lowest BCUT2D eigenvalue weighted by Crippen LogP contribution is -2.06. The lowest BCUT2D eigenvalue weighted by atomic mass is 10.1. The molecule has 0 atom stereocenters. The highest BCUT2D eigenvalue weighted by Gasteiger charge is 2.11. The average molecular weight is 258 g/mol. The fourth-order valence-corrected chi connectivity index (χ4v) is 1.87. The molecule has 0 unspecified atom stereocenters. The van der Waals surface area contributed by atoms with Gasteiger partial charge in [-0.2, -0.15) is 0 Å². The third kappa shape index (κ3) is 2.65. The smallest absolute Gasteiger partial charge is 0.151 e. The van der Waals surface area contributed by atoms with Gasteiger partial charge in [0.15, 0.2) is 5.82 Å². The van der Waals surface area contributed by atoms with E-state index in [2.05, 4.69) is 20.5 Å². The van der Waals surface area contributed by atoms with Gasteiger partial charge in [0.2, 0.25) is 0 Å². The lowest BCUT2D eigenvalue weighted by Gasteiger charge is -2.12. The van der Waals surface area contributed by atoms with Gasteiger partial charge in [-0.25, -0.2) is 0 Å². The first-order valence-corrected chi connectivity index (χ1v) is 6.24. The molecule has 2 aromatic heterocycles. The number of aromatic nitrogens is 3. The number of hydrogen-bond donors (Lipinski definition) is 1. The van der Waals surface area contributed by atoms with E-state index in [4.69, 9.17) is 4.74 Å². The zero-order chi connectivity index (χ0) is 13.8. The van der Waals surface area contributed by atoms with Crippen molar-refractivity contribution < 1.29 is 4.74 Å².